The molecule has 26 heavy (non-hydrogen) atoms. The molecule has 3 heterocycles. The Hall–Kier alpha value is -2.65. The predicted molar refractivity (Wildman–Crippen MR) is 86.2 cm³/mol. The average Bonchev–Trinajstić information content (AvgIpc) is 2.61. The minimum atomic E-state index is -4.51. The molecule has 1 saturated heterocycles. The van der Waals surface area contributed by atoms with Gasteiger partial charge in [0.15, 0.2) is 5.75 Å². The Bertz CT molecular complexity index is 755. The molecule has 7 nitrogen and oxygen atoms in total. The molecule has 0 radical (unpaired) electrons. The van der Waals surface area contributed by atoms with Crippen LogP contribution < -0.4 is 14.4 Å². The van der Waals surface area contributed by atoms with Gasteiger partial charge in [-0.15, -0.1) is 0 Å². The normalized spacial score (nSPS) is 17.9. The Morgan fingerprint density at radius 2 is 1.92 bits per heavy atom. The highest BCUT2D eigenvalue weighted by atomic mass is 19.4. The molecule has 1 aliphatic heterocycles. The minimum Gasteiger partial charge on any atom is -0.494 e. The maximum Gasteiger partial charge on any atom is 0.433 e. The number of hydrogen-bond acceptors (Lipinski definition) is 7. The zero-order valence-corrected chi connectivity index (χ0v) is 14.3. The van der Waals surface area contributed by atoms with Crippen molar-refractivity contribution in [1.82, 2.24) is 19.9 Å². The molecular weight excluding hydrogens is 351 g/mol. The fourth-order valence-corrected chi connectivity index (χ4v) is 2.72. The smallest absolute Gasteiger partial charge is 0.433 e. The van der Waals surface area contributed by atoms with Gasteiger partial charge in [-0.05, 0) is 19.8 Å². The highest BCUT2D eigenvalue weighted by Crippen LogP contribution is 2.30. The van der Waals surface area contributed by atoms with Crippen LogP contribution in [0.4, 0.5) is 19.0 Å². The van der Waals surface area contributed by atoms with Gasteiger partial charge in [0.25, 0.3) is 0 Å². The number of aryl methyl sites for hydroxylation is 1. The molecule has 3 rings (SSSR count). The van der Waals surface area contributed by atoms with Crippen molar-refractivity contribution >= 4 is 5.82 Å². The maximum absolute atomic E-state index is 13.0. The van der Waals surface area contributed by atoms with E-state index in [9.17, 15) is 13.2 Å². The lowest BCUT2D eigenvalue weighted by Gasteiger charge is -2.33. The highest BCUT2D eigenvalue weighted by molar-refractivity contribution is 5.41. The monoisotopic (exact) mass is 369 g/mol. The van der Waals surface area contributed by atoms with Gasteiger partial charge >= 0.3 is 12.2 Å². The van der Waals surface area contributed by atoms with Crippen LogP contribution in [0.1, 0.15) is 24.4 Å². The van der Waals surface area contributed by atoms with Gasteiger partial charge in [0.1, 0.15) is 23.4 Å². The second-order valence-electron chi connectivity index (χ2n) is 5.89. The zero-order chi connectivity index (χ0) is 18.7. The Balaban J connectivity index is 1.72. The first-order valence-electron chi connectivity index (χ1n) is 8.05. The SMILES string of the molecule is COc1cnc(OC2CCCN(c3cc(C(F)(F)F)nc(C)n3)C2)nc1. The lowest BCUT2D eigenvalue weighted by Crippen LogP contribution is -2.42. The van der Waals surface area contributed by atoms with Crippen LogP contribution in [0.5, 0.6) is 11.8 Å². The third-order valence-corrected chi connectivity index (χ3v) is 3.93. The van der Waals surface area contributed by atoms with E-state index in [2.05, 4.69) is 19.9 Å². The van der Waals surface area contributed by atoms with Crippen molar-refractivity contribution in [2.24, 2.45) is 0 Å². The van der Waals surface area contributed by atoms with E-state index in [1.165, 1.54) is 26.4 Å². The number of ether oxygens (including phenoxy) is 2. The van der Waals surface area contributed by atoms with Gasteiger partial charge in [-0.25, -0.2) is 9.97 Å². The summed E-state index contributed by atoms with van der Waals surface area (Å²) in [5, 5.41) is 0. The predicted octanol–water partition coefficient (Wildman–Crippen LogP) is 2.65. The molecule has 0 spiro atoms. The second kappa shape index (κ2) is 7.30. The Kier molecular flexibility index (Phi) is 5.10. The molecule has 0 saturated carbocycles. The number of aromatic nitrogens is 4. The number of rotatable bonds is 4. The molecule has 0 aromatic carbocycles. The largest absolute Gasteiger partial charge is 0.494 e. The first-order valence-corrected chi connectivity index (χ1v) is 8.05. The Morgan fingerprint density at radius 1 is 1.19 bits per heavy atom. The van der Waals surface area contributed by atoms with Gasteiger partial charge in [0.2, 0.25) is 0 Å². The average molecular weight is 369 g/mol. The van der Waals surface area contributed by atoms with Gasteiger partial charge in [-0.2, -0.15) is 23.1 Å². The number of hydrogen-bond donors (Lipinski definition) is 0. The molecule has 0 bridgehead atoms. The van der Waals surface area contributed by atoms with Gasteiger partial charge < -0.3 is 14.4 Å². The third-order valence-electron chi connectivity index (χ3n) is 3.93. The van der Waals surface area contributed by atoms with Crippen molar-refractivity contribution in [2.75, 3.05) is 25.1 Å². The van der Waals surface area contributed by atoms with Crippen LogP contribution in [0.2, 0.25) is 0 Å². The number of piperidine rings is 1. The molecule has 0 amide bonds. The summed E-state index contributed by atoms with van der Waals surface area (Å²) in [6.45, 7) is 2.43. The quantitative estimate of drug-likeness (QED) is 0.820. The number of nitrogens with zero attached hydrogens (tertiary/aromatic N) is 5. The van der Waals surface area contributed by atoms with Crippen LogP contribution in [-0.4, -0.2) is 46.2 Å². The highest BCUT2D eigenvalue weighted by Gasteiger charge is 2.34. The van der Waals surface area contributed by atoms with Crippen LogP contribution in [-0.2, 0) is 6.18 Å². The van der Waals surface area contributed by atoms with E-state index in [0.29, 0.717) is 18.8 Å². The summed E-state index contributed by atoms with van der Waals surface area (Å²) in [5.41, 5.74) is -0.943. The van der Waals surface area contributed by atoms with Crippen molar-refractivity contribution in [2.45, 2.75) is 32.0 Å². The van der Waals surface area contributed by atoms with Gasteiger partial charge in [0.05, 0.1) is 26.0 Å². The number of halogens is 3. The summed E-state index contributed by atoms with van der Waals surface area (Å²) in [6, 6.07) is 1.17. The van der Waals surface area contributed by atoms with Crippen LogP contribution >= 0.6 is 0 Å². The van der Waals surface area contributed by atoms with Crippen LogP contribution in [0.25, 0.3) is 0 Å². The van der Waals surface area contributed by atoms with Crippen LogP contribution in [0, 0.1) is 6.92 Å². The molecule has 1 fully saturated rings. The fraction of sp³-hybridized carbons (Fsp3) is 0.500. The lowest BCUT2D eigenvalue weighted by molar-refractivity contribution is -0.141. The van der Waals surface area contributed by atoms with Crippen molar-refractivity contribution < 1.29 is 22.6 Å². The summed E-state index contributed by atoms with van der Waals surface area (Å²) in [5.74, 6) is 0.837. The zero-order valence-electron chi connectivity index (χ0n) is 14.3. The topological polar surface area (TPSA) is 73.3 Å². The van der Waals surface area contributed by atoms with E-state index in [1.807, 2.05) is 0 Å². The maximum atomic E-state index is 13.0. The van der Waals surface area contributed by atoms with E-state index >= 15 is 0 Å². The molecule has 1 aliphatic rings. The van der Waals surface area contributed by atoms with Gasteiger partial charge in [-0.3, -0.25) is 0 Å². The van der Waals surface area contributed by atoms with E-state index in [-0.39, 0.29) is 23.8 Å². The summed E-state index contributed by atoms with van der Waals surface area (Å²) < 4.78 is 49.7. The summed E-state index contributed by atoms with van der Waals surface area (Å²) in [6.07, 6.45) is -0.265. The van der Waals surface area contributed by atoms with Crippen molar-refractivity contribution in [3.05, 3.63) is 30.0 Å². The van der Waals surface area contributed by atoms with E-state index < -0.39 is 11.9 Å². The molecule has 0 aliphatic carbocycles. The molecule has 0 N–H and O–H groups in total. The Morgan fingerprint density at radius 3 is 2.58 bits per heavy atom. The Labute approximate surface area is 148 Å². The minimum absolute atomic E-state index is 0.0800. The molecule has 1 atom stereocenters. The molecule has 1 unspecified atom stereocenters. The van der Waals surface area contributed by atoms with Gasteiger partial charge in [-0.1, -0.05) is 0 Å². The van der Waals surface area contributed by atoms with Crippen LogP contribution in [0.15, 0.2) is 18.5 Å². The van der Waals surface area contributed by atoms with Gasteiger partial charge in [0, 0.05) is 12.6 Å². The third kappa shape index (κ3) is 4.30. The van der Waals surface area contributed by atoms with E-state index in [0.717, 1.165) is 18.9 Å². The molecule has 140 valence electrons. The molecule has 2 aromatic heterocycles. The van der Waals surface area contributed by atoms with E-state index in [4.69, 9.17) is 9.47 Å². The molecular formula is C16H18F3N5O2. The number of alkyl halides is 3. The van der Waals surface area contributed by atoms with Crippen LogP contribution in [0.3, 0.4) is 0 Å². The standard InChI is InChI=1S/C16H18F3N5O2/c1-10-22-13(16(17,18)19)6-14(23-10)24-5-3-4-11(9-24)26-15-20-7-12(25-2)8-21-15/h6-8,11H,3-5,9H2,1-2H3. The summed E-state index contributed by atoms with van der Waals surface area (Å²) in [7, 11) is 1.51. The summed E-state index contributed by atoms with van der Waals surface area (Å²) in [4.78, 5) is 17.5. The molecule has 2 aromatic rings. The lowest BCUT2D eigenvalue weighted by atomic mass is 10.1. The first kappa shape index (κ1) is 18.2. The fourth-order valence-electron chi connectivity index (χ4n) is 2.72. The first-order chi connectivity index (χ1) is 12.3. The van der Waals surface area contributed by atoms with Crippen molar-refractivity contribution in [3.8, 4) is 11.8 Å². The van der Waals surface area contributed by atoms with Crippen molar-refractivity contribution in [3.63, 3.8) is 0 Å². The number of anilines is 1. The van der Waals surface area contributed by atoms with Crippen molar-refractivity contribution in [1.29, 1.82) is 0 Å². The van der Waals surface area contributed by atoms with E-state index in [1.54, 1.807) is 4.90 Å². The number of methoxy groups -OCH3 is 1. The second-order valence-corrected chi connectivity index (χ2v) is 5.89. The molecule has 10 heteroatoms. The summed E-state index contributed by atoms with van der Waals surface area (Å²) >= 11 is 0.